The minimum absolute atomic E-state index is 0.725. The van der Waals surface area contributed by atoms with Crippen LogP contribution >= 0.6 is 0 Å². The average molecular weight is 293 g/mol. The molecule has 0 aromatic heterocycles. The molecule has 5 unspecified atom stereocenters. The smallest absolute Gasteiger partial charge is 0.0224 e. The van der Waals surface area contributed by atoms with E-state index in [1.165, 1.54) is 64.5 Å². The van der Waals surface area contributed by atoms with Gasteiger partial charge in [-0.25, -0.2) is 0 Å². The summed E-state index contributed by atoms with van der Waals surface area (Å²) in [6, 6.07) is 2.34. The van der Waals surface area contributed by atoms with Gasteiger partial charge in [-0.05, 0) is 43.9 Å². The van der Waals surface area contributed by atoms with Crippen LogP contribution < -0.4 is 5.32 Å². The van der Waals surface area contributed by atoms with Crippen LogP contribution in [0.2, 0.25) is 0 Å². The Morgan fingerprint density at radius 1 is 0.857 bits per heavy atom. The third-order valence-electron chi connectivity index (χ3n) is 6.96. The Labute approximate surface area is 132 Å². The number of nitrogens with zero attached hydrogens (tertiary/aromatic N) is 1. The van der Waals surface area contributed by atoms with Crippen molar-refractivity contribution in [2.45, 2.75) is 90.3 Å². The van der Waals surface area contributed by atoms with Crippen molar-refractivity contribution in [2.75, 3.05) is 13.1 Å². The van der Waals surface area contributed by atoms with Crippen LogP contribution in [0.3, 0.4) is 0 Å². The Morgan fingerprint density at radius 3 is 2.38 bits per heavy atom. The molecule has 2 saturated carbocycles. The second kappa shape index (κ2) is 7.00. The van der Waals surface area contributed by atoms with Crippen LogP contribution in [0.15, 0.2) is 0 Å². The molecule has 2 heteroatoms. The first kappa shape index (κ1) is 15.8. The number of piperazine rings is 1. The second-order valence-corrected chi connectivity index (χ2v) is 8.29. The van der Waals surface area contributed by atoms with Crippen LogP contribution in [-0.4, -0.2) is 36.1 Å². The summed E-state index contributed by atoms with van der Waals surface area (Å²) in [5.41, 5.74) is 0. The largest absolute Gasteiger partial charge is 0.311 e. The van der Waals surface area contributed by atoms with Crippen molar-refractivity contribution >= 4 is 0 Å². The molecule has 5 atom stereocenters. The molecule has 3 rings (SSSR count). The summed E-state index contributed by atoms with van der Waals surface area (Å²) in [4.78, 5) is 2.90. The van der Waals surface area contributed by atoms with Crippen molar-refractivity contribution < 1.29 is 0 Å². The molecule has 2 aliphatic carbocycles. The molecular formula is C19H36N2. The molecule has 0 aromatic rings. The molecule has 122 valence electrons. The van der Waals surface area contributed by atoms with E-state index >= 15 is 0 Å². The lowest BCUT2D eigenvalue weighted by atomic mass is 9.76. The van der Waals surface area contributed by atoms with E-state index in [-0.39, 0.29) is 0 Å². The number of rotatable bonds is 2. The summed E-state index contributed by atoms with van der Waals surface area (Å²) in [5, 5.41) is 3.89. The van der Waals surface area contributed by atoms with E-state index in [4.69, 9.17) is 0 Å². The molecule has 0 spiro atoms. The maximum absolute atomic E-state index is 3.89. The van der Waals surface area contributed by atoms with Gasteiger partial charge in [0, 0.05) is 31.2 Å². The molecule has 3 aliphatic rings. The predicted octanol–water partition coefficient (Wildman–Crippen LogP) is 4.05. The molecule has 1 heterocycles. The summed E-state index contributed by atoms with van der Waals surface area (Å²) in [5.74, 6) is 2.75. The van der Waals surface area contributed by atoms with Crippen LogP contribution in [-0.2, 0) is 0 Å². The molecule has 3 fully saturated rings. The molecule has 0 amide bonds. The fourth-order valence-electron chi connectivity index (χ4n) is 5.25. The Hall–Kier alpha value is -0.0800. The maximum atomic E-state index is 3.89. The van der Waals surface area contributed by atoms with E-state index < -0.39 is 0 Å². The van der Waals surface area contributed by atoms with Gasteiger partial charge in [-0.15, -0.1) is 0 Å². The van der Waals surface area contributed by atoms with E-state index in [0.717, 1.165) is 35.9 Å². The van der Waals surface area contributed by atoms with E-state index in [0.29, 0.717) is 0 Å². The van der Waals surface area contributed by atoms with Crippen molar-refractivity contribution in [1.29, 1.82) is 0 Å². The van der Waals surface area contributed by atoms with Crippen LogP contribution in [0.4, 0.5) is 0 Å². The standard InChI is InChI=1S/C19H36N2/c1-14-8-7-11-19(16(14)3)21-13-18(20-12-15(21)2)17-9-5-4-6-10-17/h14-20H,4-13H2,1-3H3. The Bertz CT molecular complexity index is 324. The van der Waals surface area contributed by atoms with Crippen LogP contribution in [0.25, 0.3) is 0 Å². The monoisotopic (exact) mass is 292 g/mol. The van der Waals surface area contributed by atoms with Gasteiger partial charge in [-0.1, -0.05) is 46.0 Å². The van der Waals surface area contributed by atoms with E-state index in [9.17, 15) is 0 Å². The van der Waals surface area contributed by atoms with E-state index in [2.05, 4.69) is 31.0 Å². The van der Waals surface area contributed by atoms with Crippen molar-refractivity contribution in [3.63, 3.8) is 0 Å². The molecule has 2 nitrogen and oxygen atoms in total. The van der Waals surface area contributed by atoms with Crippen molar-refractivity contribution in [1.82, 2.24) is 10.2 Å². The van der Waals surface area contributed by atoms with Crippen molar-refractivity contribution in [2.24, 2.45) is 17.8 Å². The number of hydrogen-bond donors (Lipinski definition) is 1. The second-order valence-electron chi connectivity index (χ2n) is 8.29. The van der Waals surface area contributed by atoms with E-state index in [1.807, 2.05) is 0 Å². The SMILES string of the molecule is CC1CCCC(N2CC(C3CCCCC3)NCC2C)C1C. The normalized spacial score (nSPS) is 43.9. The summed E-state index contributed by atoms with van der Waals surface area (Å²) in [6.07, 6.45) is 11.7. The Balaban J connectivity index is 1.65. The molecule has 0 radical (unpaired) electrons. The van der Waals surface area contributed by atoms with Gasteiger partial charge in [0.1, 0.15) is 0 Å². The van der Waals surface area contributed by atoms with Gasteiger partial charge in [0.2, 0.25) is 0 Å². The van der Waals surface area contributed by atoms with Crippen LogP contribution in [0, 0.1) is 17.8 Å². The highest BCUT2D eigenvalue weighted by Crippen LogP contribution is 2.36. The highest BCUT2D eigenvalue weighted by molar-refractivity contribution is 4.94. The number of hydrogen-bond acceptors (Lipinski definition) is 2. The van der Waals surface area contributed by atoms with Gasteiger partial charge in [-0.3, -0.25) is 4.90 Å². The van der Waals surface area contributed by atoms with Crippen LogP contribution in [0.5, 0.6) is 0 Å². The third-order valence-corrected chi connectivity index (χ3v) is 6.96. The summed E-state index contributed by atoms with van der Waals surface area (Å²) < 4.78 is 0. The van der Waals surface area contributed by atoms with Gasteiger partial charge in [0.15, 0.2) is 0 Å². The van der Waals surface area contributed by atoms with Gasteiger partial charge in [0.05, 0.1) is 0 Å². The maximum Gasteiger partial charge on any atom is 0.0224 e. The molecular weight excluding hydrogens is 256 g/mol. The summed E-state index contributed by atoms with van der Waals surface area (Å²) in [6.45, 7) is 9.95. The highest BCUT2D eigenvalue weighted by Gasteiger charge is 2.38. The molecule has 1 saturated heterocycles. The van der Waals surface area contributed by atoms with Crippen LogP contribution in [0.1, 0.15) is 72.1 Å². The van der Waals surface area contributed by atoms with Gasteiger partial charge in [-0.2, -0.15) is 0 Å². The van der Waals surface area contributed by atoms with Gasteiger partial charge >= 0.3 is 0 Å². The fraction of sp³-hybridized carbons (Fsp3) is 1.00. The van der Waals surface area contributed by atoms with Gasteiger partial charge in [0.25, 0.3) is 0 Å². The minimum Gasteiger partial charge on any atom is -0.311 e. The van der Waals surface area contributed by atoms with Crippen molar-refractivity contribution in [3.05, 3.63) is 0 Å². The summed E-state index contributed by atoms with van der Waals surface area (Å²) in [7, 11) is 0. The Kier molecular flexibility index (Phi) is 5.27. The zero-order chi connectivity index (χ0) is 14.8. The number of nitrogens with one attached hydrogen (secondary N) is 1. The minimum atomic E-state index is 0.725. The van der Waals surface area contributed by atoms with Gasteiger partial charge < -0.3 is 5.32 Å². The lowest BCUT2D eigenvalue weighted by Gasteiger charge is -2.50. The first-order valence-electron chi connectivity index (χ1n) is 9.66. The zero-order valence-electron chi connectivity index (χ0n) is 14.5. The van der Waals surface area contributed by atoms with E-state index in [1.54, 1.807) is 0 Å². The first-order chi connectivity index (χ1) is 10.2. The highest BCUT2D eigenvalue weighted by atomic mass is 15.3. The molecule has 0 aromatic carbocycles. The topological polar surface area (TPSA) is 15.3 Å². The molecule has 1 aliphatic heterocycles. The van der Waals surface area contributed by atoms with Crippen molar-refractivity contribution in [3.8, 4) is 0 Å². The quantitative estimate of drug-likeness (QED) is 0.826. The molecule has 1 N–H and O–H groups in total. The fourth-order valence-corrected chi connectivity index (χ4v) is 5.25. The molecule has 21 heavy (non-hydrogen) atoms. The Morgan fingerprint density at radius 2 is 1.62 bits per heavy atom. The average Bonchev–Trinajstić information content (AvgIpc) is 2.52. The third kappa shape index (κ3) is 3.47. The molecule has 0 bridgehead atoms. The first-order valence-corrected chi connectivity index (χ1v) is 9.66. The predicted molar refractivity (Wildman–Crippen MR) is 90.5 cm³/mol. The lowest BCUT2D eigenvalue weighted by molar-refractivity contribution is 0.0120. The zero-order valence-corrected chi connectivity index (χ0v) is 14.5. The lowest BCUT2D eigenvalue weighted by Crippen LogP contribution is -2.62. The summed E-state index contributed by atoms with van der Waals surface area (Å²) >= 11 is 0.